The molecule has 0 spiro atoms. The van der Waals surface area contributed by atoms with Crippen molar-refractivity contribution < 1.29 is 18.7 Å². The van der Waals surface area contributed by atoms with Crippen LogP contribution in [-0.4, -0.2) is 29.2 Å². The topological polar surface area (TPSA) is 114 Å². The van der Waals surface area contributed by atoms with Crippen LogP contribution in [0.1, 0.15) is 27.7 Å². The quantitative estimate of drug-likeness (QED) is 0.277. The van der Waals surface area contributed by atoms with Crippen molar-refractivity contribution in [2.24, 2.45) is 5.73 Å². The third-order valence-corrected chi connectivity index (χ3v) is 6.03. The molecule has 4 aromatic rings. The molecule has 1 amide bonds. The first-order chi connectivity index (χ1) is 17.4. The number of nitrogens with two attached hydrogens (primary N) is 1. The van der Waals surface area contributed by atoms with Gasteiger partial charge in [0.05, 0.1) is 6.04 Å². The van der Waals surface area contributed by atoms with Crippen molar-refractivity contribution in [3.8, 4) is 22.6 Å². The minimum atomic E-state index is -0.599. The predicted octanol–water partition coefficient (Wildman–Crippen LogP) is 5.08. The Morgan fingerprint density at radius 3 is 2.83 bits per heavy atom. The summed E-state index contributed by atoms with van der Waals surface area (Å²) in [5.41, 5.74) is 10.1. The molecule has 0 unspecified atom stereocenters. The van der Waals surface area contributed by atoms with Gasteiger partial charge in [-0.1, -0.05) is 11.6 Å². The monoisotopic (exact) mass is 507 g/mol. The largest absolute Gasteiger partial charge is 0.454 e. The Hall–Kier alpha value is -4.08. The highest BCUT2D eigenvalue weighted by atomic mass is 35.5. The van der Waals surface area contributed by atoms with Crippen LogP contribution in [-0.2, 0) is 0 Å². The number of amides is 1. The van der Waals surface area contributed by atoms with Crippen molar-refractivity contribution in [1.82, 2.24) is 15.3 Å². The molecule has 184 valence electrons. The maximum absolute atomic E-state index is 13.8. The number of halogens is 2. The minimum absolute atomic E-state index is 0.0808. The normalized spacial score (nSPS) is 12.9. The van der Waals surface area contributed by atoms with Crippen LogP contribution in [0.5, 0.6) is 11.5 Å². The van der Waals surface area contributed by atoms with E-state index in [0.29, 0.717) is 28.6 Å². The van der Waals surface area contributed by atoms with E-state index >= 15 is 0 Å². The number of aryl methyl sites for hydroxylation is 1. The number of nitrogens with zero attached hydrogens (tertiary/aromatic N) is 1. The molecule has 2 aromatic heterocycles. The smallest absolute Gasteiger partial charge is 0.268 e. The van der Waals surface area contributed by atoms with E-state index < -0.39 is 11.9 Å². The zero-order valence-corrected chi connectivity index (χ0v) is 20.0. The van der Waals surface area contributed by atoms with Crippen molar-refractivity contribution in [1.29, 1.82) is 0 Å². The summed E-state index contributed by atoms with van der Waals surface area (Å²) in [6.07, 6.45) is 3.51. The molecule has 5 rings (SSSR count). The summed E-state index contributed by atoms with van der Waals surface area (Å²) in [5, 5.41) is 6.33. The van der Waals surface area contributed by atoms with E-state index in [4.69, 9.17) is 26.8 Å². The summed E-state index contributed by atoms with van der Waals surface area (Å²) in [4.78, 5) is 20.4. The number of aromatic nitrogens is 2. The van der Waals surface area contributed by atoms with Gasteiger partial charge in [0.2, 0.25) is 6.79 Å². The molecule has 0 saturated heterocycles. The van der Waals surface area contributed by atoms with E-state index in [2.05, 4.69) is 20.6 Å². The van der Waals surface area contributed by atoms with Crippen LogP contribution in [0.2, 0.25) is 5.02 Å². The van der Waals surface area contributed by atoms with Gasteiger partial charge < -0.3 is 30.8 Å². The summed E-state index contributed by atoms with van der Waals surface area (Å²) < 4.78 is 24.6. The van der Waals surface area contributed by atoms with E-state index in [1.54, 1.807) is 24.5 Å². The van der Waals surface area contributed by atoms with Crippen LogP contribution in [0.25, 0.3) is 11.1 Å². The van der Waals surface area contributed by atoms with Crippen molar-refractivity contribution >= 4 is 29.0 Å². The number of H-pyrrole nitrogens is 1. The fourth-order valence-electron chi connectivity index (χ4n) is 4.00. The highest BCUT2D eigenvalue weighted by Gasteiger charge is 2.18. The maximum atomic E-state index is 13.8. The lowest BCUT2D eigenvalue weighted by molar-refractivity contribution is 0.0933. The fraction of sp³-hybridized carbons (Fsp3) is 0.154. The second kappa shape index (κ2) is 9.88. The van der Waals surface area contributed by atoms with Gasteiger partial charge in [-0.05, 0) is 66.1 Å². The lowest BCUT2D eigenvalue weighted by atomic mass is 10.0. The second-order valence-electron chi connectivity index (χ2n) is 8.34. The Morgan fingerprint density at radius 1 is 1.19 bits per heavy atom. The van der Waals surface area contributed by atoms with Crippen LogP contribution >= 0.6 is 11.6 Å². The number of rotatable bonds is 7. The van der Waals surface area contributed by atoms with Gasteiger partial charge >= 0.3 is 0 Å². The van der Waals surface area contributed by atoms with Crippen molar-refractivity contribution in [2.75, 3.05) is 18.7 Å². The van der Waals surface area contributed by atoms with Crippen LogP contribution in [0.4, 0.5) is 15.9 Å². The molecule has 0 aliphatic carbocycles. The molecule has 1 atom stereocenters. The number of aromatic amines is 1. The molecule has 8 nitrogen and oxygen atoms in total. The van der Waals surface area contributed by atoms with E-state index in [1.807, 2.05) is 31.2 Å². The summed E-state index contributed by atoms with van der Waals surface area (Å²) in [5.74, 6) is 1.14. The summed E-state index contributed by atoms with van der Waals surface area (Å²) in [7, 11) is 0. The Bertz CT molecular complexity index is 1420. The molecule has 1 aliphatic rings. The zero-order chi connectivity index (χ0) is 25.2. The molecule has 10 heteroatoms. The summed E-state index contributed by atoms with van der Waals surface area (Å²) in [6, 6.07) is 12.7. The molecule has 0 fully saturated rings. The first-order valence-electron chi connectivity index (χ1n) is 11.2. The second-order valence-corrected chi connectivity index (χ2v) is 8.78. The Morgan fingerprint density at radius 2 is 2.03 bits per heavy atom. The van der Waals surface area contributed by atoms with E-state index in [-0.39, 0.29) is 24.3 Å². The molecule has 2 aromatic carbocycles. The lowest BCUT2D eigenvalue weighted by Gasteiger charge is -2.17. The van der Waals surface area contributed by atoms with Gasteiger partial charge in [-0.15, -0.1) is 0 Å². The van der Waals surface area contributed by atoms with Crippen LogP contribution in [0, 0.1) is 12.7 Å². The van der Waals surface area contributed by atoms with Crippen LogP contribution in [0.3, 0.4) is 0 Å². The first kappa shape index (κ1) is 23.7. The lowest BCUT2D eigenvalue weighted by Crippen LogP contribution is -2.33. The van der Waals surface area contributed by atoms with Gasteiger partial charge in [-0.2, -0.15) is 0 Å². The number of carbonyl (C=O) groups is 1. The highest BCUT2D eigenvalue weighted by Crippen LogP contribution is 2.35. The van der Waals surface area contributed by atoms with Crippen LogP contribution < -0.4 is 25.8 Å². The van der Waals surface area contributed by atoms with Gasteiger partial charge in [0.1, 0.15) is 17.3 Å². The van der Waals surface area contributed by atoms with E-state index in [9.17, 15) is 9.18 Å². The van der Waals surface area contributed by atoms with Crippen molar-refractivity contribution in [3.63, 3.8) is 0 Å². The van der Waals surface area contributed by atoms with Gasteiger partial charge in [0.25, 0.3) is 5.91 Å². The SMILES string of the molecule is Cc1cnc(Nc2ccc3c(c2)OCO3)cc1-c1c[nH]c(C(=O)N[C@H](CN)c2cc(F)cc(Cl)c2)c1. The average Bonchev–Trinajstić information content (AvgIpc) is 3.52. The summed E-state index contributed by atoms with van der Waals surface area (Å²) >= 11 is 5.96. The highest BCUT2D eigenvalue weighted by molar-refractivity contribution is 6.30. The standard InChI is InChI=1S/C26H23ClFN5O3/c1-14-11-31-25(32-19-2-3-23-24(8-19)36-13-35-23)9-20(14)16-6-21(30-12-16)26(34)33-22(10-29)15-4-17(27)7-18(28)5-15/h2-9,11-12,22,30H,10,13,29H2,1H3,(H,31,32)(H,33,34)/t22-/m1/s1. The number of benzene rings is 2. The minimum Gasteiger partial charge on any atom is -0.454 e. The number of anilines is 2. The van der Waals surface area contributed by atoms with Gasteiger partial charge in [-0.25, -0.2) is 9.37 Å². The van der Waals surface area contributed by atoms with E-state index in [0.717, 1.165) is 22.4 Å². The number of hydrogen-bond acceptors (Lipinski definition) is 6. The Kier molecular flexibility index (Phi) is 6.49. The van der Waals surface area contributed by atoms with Crippen LogP contribution in [0.15, 0.2) is 60.9 Å². The third kappa shape index (κ3) is 4.98. The molecule has 1 aliphatic heterocycles. The van der Waals surface area contributed by atoms with Crippen molar-refractivity contribution in [2.45, 2.75) is 13.0 Å². The molecular formula is C26H23ClFN5O3. The maximum Gasteiger partial charge on any atom is 0.268 e. The Balaban J connectivity index is 1.33. The average molecular weight is 508 g/mol. The molecule has 0 saturated carbocycles. The zero-order valence-electron chi connectivity index (χ0n) is 19.3. The molecule has 0 bridgehead atoms. The molecule has 3 heterocycles. The van der Waals surface area contributed by atoms with Crippen molar-refractivity contribution in [3.05, 3.63) is 88.6 Å². The number of carbonyl (C=O) groups excluding carboxylic acids is 1. The number of hydrogen-bond donors (Lipinski definition) is 4. The fourth-order valence-corrected chi connectivity index (χ4v) is 4.23. The Labute approximate surface area is 211 Å². The molecular weight excluding hydrogens is 485 g/mol. The van der Waals surface area contributed by atoms with Gasteiger partial charge in [0, 0.05) is 41.3 Å². The first-order valence-corrected chi connectivity index (χ1v) is 11.6. The number of nitrogens with one attached hydrogen (secondary N) is 3. The molecule has 0 radical (unpaired) electrons. The number of pyridine rings is 1. The number of fused-ring (bicyclic) bond motifs is 1. The third-order valence-electron chi connectivity index (χ3n) is 5.82. The summed E-state index contributed by atoms with van der Waals surface area (Å²) in [6.45, 7) is 2.23. The molecule has 36 heavy (non-hydrogen) atoms. The predicted molar refractivity (Wildman–Crippen MR) is 135 cm³/mol. The molecule has 5 N–H and O–H groups in total. The van der Waals surface area contributed by atoms with Gasteiger partial charge in [-0.3, -0.25) is 4.79 Å². The van der Waals surface area contributed by atoms with Gasteiger partial charge in [0.15, 0.2) is 11.5 Å². The van der Waals surface area contributed by atoms with E-state index in [1.165, 1.54) is 12.1 Å². The number of ether oxygens (including phenoxy) is 2.